The number of hydrogen-bond donors (Lipinski definition) is 4. The minimum Gasteiger partial charge on any atom is -0.396 e. The van der Waals surface area contributed by atoms with Crippen molar-refractivity contribution < 1.29 is 34.6 Å². The van der Waals surface area contributed by atoms with Crippen LogP contribution in [-0.2, 0) is 14.2 Å². The number of ether oxygens (including phenoxy) is 3. The van der Waals surface area contributed by atoms with E-state index in [0.717, 1.165) is 6.42 Å². The number of rotatable bonds is 5. The summed E-state index contributed by atoms with van der Waals surface area (Å²) >= 11 is 0. The Kier molecular flexibility index (Phi) is 4.62. The topological polar surface area (TPSA) is 112 Å². The average molecular weight is 454 g/mol. The Labute approximate surface area is 189 Å². The van der Waals surface area contributed by atoms with Gasteiger partial charge in [-0.3, -0.25) is 4.90 Å². The van der Waals surface area contributed by atoms with E-state index in [1.54, 1.807) is 21.3 Å². The van der Waals surface area contributed by atoms with E-state index in [-0.39, 0.29) is 42.4 Å². The van der Waals surface area contributed by atoms with Crippen molar-refractivity contribution in [3.05, 3.63) is 0 Å². The summed E-state index contributed by atoms with van der Waals surface area (Å²) < 4.78 is 18.4. The van der Waals surface area contributed by atoms with Crippen LogP contribution in [0.25, 0.3) is 0 Å². The molecule has 0 aromatic carbocycles. The van der Waals surface area contributed by atoms with Crippen LogP contribution in [-0.4, -0.2) is 108 Å². The van der Waals surface area contributed by atoms with Gasteiger partial charge < -0.3 is 34.6 Å². The van der Waals surface area contributed by atoms with E-state index in [9.17, 15) is 20.4 Å². The van der Waals surface area contributed by atoms with Crippen LogP contribution in [0, 0.1) is 34.5 Å². The van der Waals surface area contributed by atoms with Gasteiger partial charge in [0.05, 0.1) is 37.1 Å². The Bertz CT molecular complexity index is 798. The van der Waals surface area contributed by atoms with Crippen molar-refractivity contribution in [2.24, 2.45) is 34.5 Å². The number of piperidine rings is 1. The summed E-state index contributed by atoms with van der Waals surface area (Å²) in [5, 5.41) is 47.2. The third kappa shape index (κ3) is 1.92. The maximum atomic E-state index is 13.0. The summed E-state index contributed by atoms with van der Waals surface area (Å²) in [6.07, 6.45) is 0.343. The maximum Gasteiger partial charge on any atom is 0.136 e. The SMILES string of the molecule is CCN1C[C@]2(CO)CCC(O)C34C5CC6C(O)C5[C@](OC)(C[C@@H]6OC)C(O)(C(OC)C32)C14. The van der Waals surface area contributed by atoms with Crippen molar-refractivity contribution in [3.8, 4) is 0 Å². The molecule has 32 heavy (non-hydrogen) atoms. The lowest BCUT2D eigenvalue weighted by Crippen LogP contribution is -2.82. The van der Waals surface area contributed by atoms with Crippen molar-refractivity contribution >= 4 is 0 Å². The number of likely N-dealkylation sites (N-methyl/N-ethyl adjacent to an activating group) is 1. The summed E-state index contributed by atoms with van der Waals surface area (Å²) in [7, 11) is 4.94. The highest BCUT2D eigenvalue weighted by Gasteiger charge is 2.91. The normalized spacial score (nSPS) is 62.4. The van der Waals surface area contributed by atoms with Crippen LogP contribution in [0.4, 0.5) is 0 Å². The van der Waals surface area contributed by atoms with Crippen LogP contribution in [0.2, 0.25) is 0 Å². The first-order valence-corrected chi connectivity index (χ1v) is 12.3. The zero-order valence-corrected chi connectivity index (χ0v) is 19.6. The fourth-order valence-corrected chi connectivity index (χ4v) is 10.8. The minimum absolute atomic E-state index is 0.00462. The van der Waals surface area contributed by atoms with E-state index >= 15 is 0 Å². The summed E-state index contributed by atoms with van der Waals surface area (Å²) in [6, 6.07) is -0.368. The molecule has 1 saturated heterocycles. The molecule has 0 amide bonds. The molecule has 6 fully saturated rings. The van der Waals surface area contributed by atoms with E-state index in [2.05, 4.69) is 11.8 Å². The highest BCUT2D eigenvalue weighted by Crippen LogP contribution is 2.80. The molecule has 0 aromatic heterocycles. The predicted molar refractivity (Wildman–Crippen MR) is 114 cm³/mol. The van der Waals surface area contributed by atoms with Crippen molar-refractivity contribution in [1.82, 2.24) is 4.90 Å². The molecule has 182 valence electrons. The van der Waals surface area contributed by atoms with E-state index in [4.69, 9.17) is 14.2 Å². The zero-order chi connectivity index (χ0) is 22.8. The fraction of sp³-hybridized carbons (Fsp3) is 1.00. The van der Waals surface area contributed by atoms with Gasteiger partial charge in [-0.05, 0) is 31.7 Å². The van der Waals surface area contributed by atoms with Crippen molar-refractivity contribution in [1.29, 1.82) is 0 Å². The predicted octanol–water partition coefficient (Wildman–Crippen LogP) is -0.383. The van der Waals surface area contributed by atoms with E-state index < -0.39 is 40.3 Å². The molecule has 6 aliphatic rings. The Morgan fingerprint density at radius 1 is 1.12 bits per heavy atom. The number of fused-ring (bicyclic) bond motifs is 2. The smallest absolute Gasteiger partial charge is 0.136 e. The number of likely N-dealkylation sites (tertiary alicyclic amines) is 1. The number of methoxy groups -OCH3 is 3. The summed E-state index contributed by atoms with van der Waals surface area (Å²) in [6.45, 7) is 3.45. The molecular formula is C24H39NO7. The minimum atomic E-state index is -1.45. The first kappa shape index (κ1) is 22.2. The number of hydrogen-bond acceptors (Lipinski definition) is 8. The molecule has 13 atom stereocenters. The van der Waals surface area contributed by atoms with Gasteiger partial charge >= 0.3 is 0 Å². The molecule has 6 rings (SSSR count). The van der Waals surface area contributed by atoms with Gasteiger partial charge in [-0.15, -0.1) is 0 Å². The standard InChI is InChI=1S/C24H39NO7/c1-5-25-10-21(11-26)7-6-15(27)23-13-8-12-14(30-2)9-22(32-4,16(13)17(12)28)24(29,20(23)25)19(31-3)18(21)23/h12-20,26-29H,5-11H2,1-4H3/t12?,13?,14-,15?,16?,17?,18?,19?,20?,21-,22+,23?,24?/m0/s1. The van der Waals surface area contributed by atoms with Crippen LogP contribution in [0.5, 0.6) is 0 Å². The van der Waals surface area contributed by atoms with Crippen LogP contribution in [0.1, 0.15) is 32.6 Å². The van der Waals surface area contributed by atoms with Gasteiger partial charge in [-0.1, -0.05) is 6.92 Å². The van der Waals surface area contributed by atoms with Crippen molar-refractivity contribution in [2.45, 2.75) is 74.3 Å². The molecule has 5 saturated carbocycles. The Balaban J connectivity index is 1.70. The summed E-state index contributed by atoms with van der Waals surface area (Å²) in [5.74, 6) is -0.617. The fourth-order valence-electron chi connectivity index (χ4n) is 10.8. The molecule has 7 bridgehead atoms. The van der Waals surface area contributed by atoms with Gasteiger partial charge in [-0.2, -0.15) is 0 Å². The van der Waals surface area contributed by atoms with Gasteiger partial charge in [0.15, 0.2) is 0 Å². The zero-order valence-electron chi connectivity index (χ0n) is 19.6. The molecule has 8 nitrogen and oxygen atoms in total. The quantitative estimate of drug-likeness (QED) is 0.446. The van der Waals surface area contributed by atoms with Crippen molar-refractivity contribution in [3.63, 3.8) is 0 Å². The molecule has 5 aliphatic carbocycles. The highest BCUT2D eigenvalue weighted by atomic mass is 16.5. The monoisotopic (exact) mass is 453 g/mol. The van der Waals surface area contributed by atoms with Gasteiger partial charge in [0.2, 0.25) is 0 Å². The van der Waals surface area contributed by atoms with E-state index in [0.29, 0.717) is 32.4 Å². The maximum absolute atomic E-state index is 13.0. The second-order valence-corrected chi connectivity index (χ2v) is 11.6. The first-order valence-electron chi connectivity index (χ1n) is 12.3. The summed E-state index contributed by atoms with van der Waals surface area (Å²) in [5.41, 5.74) is -3.64. The lowest BCUT2D eigenvalue weighted by molar-refractivity contribution is -0.323. The van der Waals surface area contributed by atoms with Crippen molar-refractivity contribution in [2.75, 3.05) is 41.0 Å². The third-order valence-electron chi connectivity index (χ3n) is 11.5. The number of nitrogens with zero attached hydrogens (tertiary/aromatic N) is 1. The lowest BCUT2D eigenvalue weighted by Gasteiger charge is -2.70. The Hall–Kier alpha value is -0.320. The molecule has 1 spiro atoms. The van der Waals surface area contributed by atoms with Crippen LogP contribution >= 0.6 is 0 Å². The van der Waals surface area contributed by atoms with Crippen LogP contribution in [0.3, 0.4) is 0 Å². The largest absolute Gasteiger partial charge is 0.396 e. The van der Waals surface area contributed by atoms with Gasteiger partial charge in [0.1, 0.15) is 11.2 Å². The van der Waals surface area contributed by atoms with Gasteiger partial charge in [-0.25, -0.2) is 0 Å². The second-order valence-electron chi connectivity index (χ2n) is 11.6. The number of aliphatic hydroxyl groups is 4. The molecule has 0 radical (unpaired) electrons. The van der Waals surface area contributed by atoms with Crippen LogP contribution < -0.4 is 0 Å². The molecule has 0 aromatic rings. The first-order chi connectivity index (χ1) is 15.3. The Morgan fingerprint density at radius 3 is 2.47 bits per heavy atom. The molecule has 1 heterocycles. The molecular weight excluding hydrogens is 414 g/mol. The second kappa shape index (κ2) is 6.66. The highest BCUT2D eigenvalue weighted by molar-refractivity contribution is 5.41. The Morgan fingerprint density at radius 2 is 1.88 bits per heavy atom. The van der Waals surface area contributed by atoms with Gasteiger partial charge in [0.25, 0.3) is 0 Å². The lowest BCUT2D eigenvalue weighted by atomic mass is 9.42. The third-order valence-corrected chi connectivity index (χ3v) is 11.5. The van der Waals surface area contributed by atoms with Gasteiger partial charge in [0, 0.05) is 62.9 Å². The summed E-state index contributed by atoms with van der Waals surface area (Å²) in [4.78, 5) is 2.28. The van der Waals surface area contributed by atoms with Crippen LogP contribution in [0.15, 0.2) is 0 Å². The average Bonchev–Trinajstić information content (AvgIpc) is 3.15. The van der Waals surface area contributed by atoms with E-state index in [1.807, 2.05) is 0 Å². The van der Waals surface area contributed by atoms with E-state index in [1.165, 1.54) is 0 Å². The molecule has 8 heteroatoms. The molecule has 4 N–H and O–H groups in total. The number of aliphatic hydroxyl groups excluding tert-OH is 3. The molecule has 10 unspecified atom stereocenters. The molecule has 1 aliphatic heterocycles.